The average molecular weight is 289 g/mol. The molecule has 0 unspecified atom stereocenters. The summed E-state index contributed by atoms with van der Waals surface area (Å²) < 4.78 is 5.69. The third-order valence-corrected chi connectivity index (χ3v) is 3.77. The minimum atomic E-state index is 0.0614. The molecule has 3 nitrogen and oxygen atoms in total. The first-order valence-corrected chi connectivity index (χ1v) is 7.43. The van der Waals surface area contributed by atoms with Crippen LogP contribution in [0.3, 0.4) is 0 Å². The number of nitrogens with zero attached hydrogens (tertiary/aromatic N) is 1. The highest BCUT2D eigenvalue weighted by molar-refractivity contribution is 7.09. The van der Waals surface area contributed by atoms with Crippen LogP contribution in [0.1, 0.15) is 48.8 Å². The summed E-state index contributed by atoms with van der Waals surface area (Å²) in [5, 5.41) is 3.04. The van der Waals surface area contributed by atoms with Gasteiger partial charge < -0.3 is 4.74 Å². The highest BCUT2D eigenvalue weighted by Gasteiger charge is 2.17. The van der Waals surface area contributed by atoms with Crippen molar-refractivity contribution in [2.24, 2.45) is 0 Å². The van der Waals surface area contributed by atoms with E-state index >= 15 is 0 Å². The molecule has 0 saturated carbocycles. The van der Waals surface area contributed by atoms with Gasteiger partial charge in [0.25, 0.3) is 0 Å². The Morgan fingerprint density at radius 3 is 2.40 bits per heavy atom. The molecule has 0 saturated heterocycles. The first-order valence-electron chi connectivity index (χ1n) is 6.55. The maximum Gasteiger partial charge on any atom is 0.159 e. The highest BCUT2D eigenvalue weighted by atomic mass is 32.1. The fourth-order valence-corrected chi connectivity index (χ4v) is 2.58. The van der Waals surface area contributed by atoms with Gasteiger partial charge in [0.05, 0.1) is 5.69 Å². The first kappa shape index (κ1) is 14.7. The second-order valence-electron chi connectivity index (χ2n) is 5.75. The zero-order chi connectivity index (χ0) is 14.8. The Morgan fingerprint density at radius 1 is 1.25 bits per heavy atom. The molecule has 0 radical (unpaired) electrons. The van der Waals surface area contributed by atoms with Crippen LogP contribution in [0.2, 0.25) is 0 Å². The fraction of sp³-hybridized carbons (Fsp3) is 0.375. The van der Waals surface area contributed by atoms with E-state index in [1.165, 1.54) is 0 Å². The molecule has 2 aromatic rings. The van der Waals surface area contributed by atoms with Gasteiger partial charge in [0.2, 0.25) is 0 Å². The van der Waals surface area contributed by atoms with Crippen LogP contribution >= 0.6 is 11.3 Å². The molecule has 20 heavy (non-hydrogen) atoms. The molecule has 1 heterocycles. The quantitative estimate of drug-likeness (QED) is 0.791. The van der Waals surface area contributed by atoms with Gasteiger partial charge in [0.15, 0.2) is 5.78 Å². The minimum absolute atomic E-state index is 0.0614. The second kappa shape index (κ2) is 5.75. The number of ether oxygens (including phenoxy) is 1. The average Bonchev–Trinajstić information content (AvgIpc) is 2.85. The molecule has 1 aromatic carbocycles. The van der Waals surface area contributed by atoms with Crippen molar-refractivity contribution in [1.82, 2.24) is 4.98 Å². The number of carbonyl (C=O) groups excluding carboxylic acids is 1. The van der Waals surface area contributed by atoms with Crippen LogP contribution in [-0.4, -0.2) is 10.8 Å². The van der Waals surface area contributed by atoms with E-state index in [1.54, 1.807) is 30.4 Å². The number of benzene rings is 1. The fourth-order valence-electron chi connectivity index (χ4n) is 1.65. The molecule has 0 aliphatic heterocycles. The van der Waals surface area contributed by atoms with E-state index in [0.29, 0.717) is 12.2 Å². The van der Waals surface area contributed by atoms with Crippen molar-refractivity contribution in [1.29, 1.82) is 0 Å². The van der Waals surface area contributed by atoms with E-state index < -0.39 is 0 Å². The lowest BCUT2D eigenvalue weighted by Crippen LogP contribution is -2.11. The van der Waals surface area contributed by atoms with Gasteiger partial charge in [0, 0.05) is 16.4 Å². The van der Waals surface area contributed by atoms with Crippen molar-refractivity contribution in [2.45, 2.75) is 39.7 Å². The monoisotopic (exact) mass is 289 g/mol. The number of hydrogen-bond donors (Lipinski definition) is 0. The van der Waals surface area contributed by atoms with Gasteiger partial charge in [0.1, 0.15) is 17.4 Å². The molecule has 0 aliphatic carbocycles. The lowest BCUT2D eigenvalue weighted by atomic mass is 9.93. The number of carbonyl (C=O) groups is 1. The number of thiazole rings is 1. The maximum atomic E-state index is 11.2. The van der Waals surface area contributed by atoms with Crippen LogP contribution in [0, 0.1) is 0 Å². The van der Waals surface area contributed by atoms with Gasteiger partial charge in [-0.05, 0) is 31.2 Å². The minimum Gasteiger partial charge on any atom is -0.486 e. The van der Waals surface area contributed by atoms with Gasteiger partial charge >= 0.3 is 0 Å². The molecule has 0 amide bonds. The normalized spacial score (nSPS) is 11.4. The Balaban J connectivity index is 1.98. The Kier molecular flexibility index (Phi) is 4.23. The predicted octanol–water partition coefficient (Wildman–Crippen LogP) is 4.22. The number of Topliss-reactive ketones (excluding diaryl/α,β-unsaturated/α-hetero) is 1. The lowest BCUT2D eigenvalue weighted by molar-refractivity contribution is 0.101. The van der Waals surface area contributed by atoms with E-state index in [0.717, 1.165) is 16.5 Å². The molecule has 1 aromatic heterocycles. The molecule has 0 fully saturated rings. The SMILES string of the molecule is CC(=O)c1ccc(OCc2nc(C(C)(C)C)cs2)cc1. The van der Waals surface area contributed by atoms with Crippen molar-refractivity contribution in [3.05, 3.63) is 45.9 Å². The summed E-state index contributed by atoms with van der Waals surface area (Å²) in [5.74, 6) is 0.814. The van der Waals surface area contributed by atoms with Gasteiger partial charge in [-0.2, -0.15) is 0 Å². The van der Waals surface area contributed by atoms with Crippen molar-refractivity contribution >= 4 is 17.1 Å². The molecule has 0 N–H and O–H groups in total. The second-order valence-corrected chi connectivity index (χ2v) is 6.69. The standard InChI is InChI=1S/C16H19NO2S/c1-11(18)12-5-7-13(8-6-12)19-9-15-17-14(10-20-15)16(2,3)4/h5-8,10H,9H2,1-4H3. The van der Waals surface area contributed by atoms with E-state index in [2.05, 4.69) is 31.1 Å². The Hall–Kier alpha value is -1.68. The molecule has 2 rings (SSSR count). The summed E-state index contributed by atoms with van der Waals surface area (Å²) in [6.07, 6.45) is 0. The largest absolute Gasteiger partial charge is 0.486 e. The number of aromatic nitrogens is 1. The van der Waals surface area contributed by atoms with Crippen molar-refractivity contribution in [2.75, 3.05) is 0 Å². The number of hydrogen-bond acceptors (Lipinski definition) is 4. The smallest absolute Gasteiger partial charge is 0.159 e. The molecular formula is C16H19NO2S. The summed E-state index contributed by atoms with van der Waals surface area (Å²) >= 11 is 1.61. The summed E-state index contributed by atoms with van der Waals surface area (Å²) in [6, 6.07) is 7.18. The molecule has 0 atom stereocenters. The first-order chi connectivity index (χ1) is 9.36. The third kappa shape index (κ3) is 3.67. The number of ketones is 1. The van der Waals surface area contributed by atoms with E-state index in [4.69, 9.17) is 4.74 Å². The van der Waals surface area contributed by atoms with Crippen LogP contribution in [0.5, 0.6) is 5.75 Å². The van der Waals surface area contributed by atoms with Gasteiger partial charge in [-0.15, -0.1) is 11.3 Å². The van der Waals surface area contributed by atoms with Crippen LogP contribution in [0.4, 0.5) is 0 Å². The zero-order valence-corrected chi connectivity index (χ0v) is 13.1. The van der Waals surface area contributed by atoms with Crippen LogP contribution in [0.15, 0.2) is 29.6 Å². The molecular weight excluding hydrogens is 270 g/mol. The van der Waals surface area contributed by atoms with Crippen molar-refractivity contribution in [3.8, 4) is 5.75 Å². The maximum absolute atomic E-state index is 11.2. The molecule has 106 valence electrons. The third-order valence-electron chi connectivity index (χ3n) is 2.94. The van der Waals surface area contributed by atoms with Crippen LogP contribution in [0.25, 0.3) is 0 Å². The Morgan fingerprint density at radius 2 is 1.90 bits per heavy atom. The van der Waals surface area contributed by atoms with E-state index in [-0.39, 0.29) is 11.2 Å². The summed E-state index contributed by atoms with van der Waals surface area (Å²) in [7, 11) is 0. The van der Waals surface area contributed by atoms with Crippen LogP contribution < -0.4 is 4.74 Å². The lowest BCUT2D eigenvalue weighted by Gasteiger charge is -2.14. The van der Waals surface area contributed by atoms with Gasteiger partial charge in [-0.1, -0.05) is 20.8 Å². The zero-order valence-electron chi connectivity index (χ0n) is 12.3. The van der Waals surface area contributed by atoms with Gasteiger partial charge in [-0.25, -0.2) is 4.98 Å². The summed E-state index contributed by atoms with van der Waals surface area (Å²) in [5.41, 5.74) is 1.85. The molecule has 0 aliphatic rings. The Labute approximate surface area is 123 Å². The summed E-state index contributed by atoms with van der Waals surface area (Å²) in [4.78, 5) is 15.8. The van der Waals surface area contributed by atoms with Crippen molar-refractivity contribution in [3.63, 3.8) is 0 Å². The van der Waals surface area contributed by atoms with Crippen LogP contribution in [-0.2, 0) is 12.0 Å². The highest BCUT2D eigenvalue weighted by Crippen LogP contribution is 2.24. The van der Waals surface area contributed by atoms with Gasteiger partial charge in [-0.3, -0.25) is 4.79 Å². The van der Waals surface area contributed by atoms with E-state index in [9.17, 15) is 4.79 Å². The summed E-state index contributed by atoms with van der Waals surface area (Å²) in [6.45, 7) is 8.45. The Bertz CT molecular complexity index is 594. The topological polar surface area (TPSA) is 39.2 Å². The number of rotatable bonds is 4. The molecule has 0 bridgehead atoms. The predicted molar refractivity (Wildman–Crippen MR) is 81.6 cm³/mol. The van der Waals surface area contributed by atoms with Crippen molar-refractivity contribution < 1.29 is 9.53 Å². The molecule has 4 heteroatoms. The van der Waals surface area contributed by atoms with E-state index in [1.807, 2.05) is 12.1 Å². The molecule has 0 spiro atoms.